The van der Waals surface area contributed by atoms with Crippen LogP contribution in [0, 0.1) is 25.2 Å². The molecule has 0 aliphatic carbocycles. The molecule has 0 fully saturated rings. The third-order valence-corrected chi connectivity index (χ3v) is 5.21. The van der Waals surface area contributed by atoms with Crippen LogP contribution < -0.4 is 10.1 Å². The molecule has 2 aromatic carbocycles. The quantitative estimate of drug-likeness (QED) is 0.339. The Kier molecular flexibility index (Phi) is 6.98. The first-order valence-electron chi connectivity index (χ1n) is 9.93. The van der Waals surface area contributed by atoms with Gasteiger partial charge in [0, 0.05) is 33.3 Å². The van der Waals surface area contributed by atoms with Crippen LogP contribution in [0.1, 0.15) is 30.8 Å². The lowest BCUT2D eigenvalue weighted by atomic mass is 10.1. The summed E-state index contributed by atoms with van der Waals surface area (Å²) in [5.41, 5.74) is 4.41. The summed E-state index contributed by atoms with van der Waals surface area (Å²) >= 11 is 3.45. The highest BCUT2D eigenvalue weighted by atomic mass is 79.9. The van der Waals surface area contributed by atoms with E-state index in [0.29, 0.717) is 11.4 Å². The molecule has 0 aliphatic rings. The molecular formula is C25H24BrN3O2. The summed E-state index contributed by atoms with van der Waals surface area (Å²) in [4.78, 5) is 12.7. The molecular weight excluding hydrogens is 454 g/mol. The average Bonchev–Trinajstić information content (AvgIpc) is 2.99. The van der Waals surface area contributed by atoms with Gasteiger partial charge in [-0.05, 0) is 81.8 Å². The van der Waals surface area contributed by atoms with E-state index in [2.05, 4.69) is 25.8 Å². The number of halogens is 1. The lowest BCUT2D eigenvalue weighted by Crippen LogP contribution is -2.14. The number of nitrogens with one attached hydrogen (secondary N) is 1. The van der Waals surface area contributed by atoms with Gasteiger partial charge in [-0.15, -0.1) is 0 Å². The molecule has 0 atom stereocenters. The van der Waals surface area contributed by atoms with Crippen molar-refractivity contribution in [2.75, 3.05) is 5.32 Å². The number of hydrogen-bond acceptors (Lipinski definition) is 3. The topological polar surface area (TPSA) is 67.1 Å². The van der Waals surface area contributed by atoms with Crippen LogP contribution in [0.25, 0.3) is 11.8 Å². The number of aromatic nitrogens is 1. The first-order chi connectivity index (χ1) is 14.8. The van der Waals surface area contributed by atoms with Gasteiger partial charge >= 0.3 is 0 Å². The van der Waals surface area contributed by atoms with Crippen molar-refractivity contribution in [1.29, 1.82) is 5.26 Å². The number of rotatable bonds is 6. The summed E-state index contributed by atoms with van der Waals surface area (Å²) < 4.78 is 8.76. The number of aryl methyl sites for hydroxylation is 1. The Morgan fingerprint density at radius 2 is 1.87 bits per heavy atom. The number of carbonyl (C=O) groups is 1. The molecule has 6 heteroatoms. The minimum atomic E-state index is -0.461. The zero-order chi connectivity index (χ0) is 22.5. The zero-order valence-electron chi connectivity index (χ0n) is 17.9. The lowest BCUT2D eigenvalue weighted by Gasteiger charge is -2.11. The van der Waals surface area contributed by atoms with Gasteiger partial charge in [-0.25, -0.2) is 0 Å². The monoisotopic (exact) mass is 477 g/mol. The third-order valence-electron chi connectivity index (χ3n) is 4.68. The van der Waals surface area contributed by atoms with Crippen molar-refractivity contribution < 1.29 is 9.53 Å². The number of anilines is 1. The molecule has 0 spiro atoms. The molecule has 3 aromatic rings. The van der Waals surface area contributed by atoms with E-state index in [9.17, 15) is 10.1 Å². The van der Waals surface area contributed by atoms with Crippen molar-refractivity contribution in [2.24, 2.45) is 0 Å². The van der Waals surface area contributed by atoms with Gasteiger partial charge in [0.1, 0.15) is 17.4 Å². The van der Waals surface area contributed by atoms with E-state index in [-0.39, 0.29) is 11.7 Å². The van der Waals surface area contributed by atoms with Crippen molar-refractivity contribution in [3.63, 3.8) is 0 Å². The summed E-state index contributed by atoms with van der Waals surface area (Å²) in [7, 11) is 0. The fourth-order valence-electron chi connectivity index (χ4n) is 3.34. The fraction of sp³-hybridized carbons (Fsp3) is 0.200. The van der Waals surface area contributed by atoms with E-state index in [1.54, 1.807) is 24.3 Å². The van der Waals surface area contributed by atoms with Crippen LogP contribution in [0.15, 0.2) is 64.6 Å². The van der Waals surface area contributed by atoms with E-state index in [4.69, 9.17) is 4.74 Å². The summed E-state index contributed by atoms with van der Waals surface area (Å²) in [5.74, 6) is 0.200. The van der Waals surface area contributed by atoms with Gasteiger partial charge in [-0.3, -0.25) is 4.79 Å². The maximum atomic E-state index is 12.7. The van der Waals surface area contributed by atoms with Crippen molar-refractivity contribution >= 4 is 33.6 Å². The molecule has 1 N–H and O–H groups in total. The molecule has 0 aliphatic heterocycles. The van der Waals surface area contributed by atoms with Crippen LogP contribution in [0.3, 0.4) is 0 Å². The van der Waals surface area contributed by atoms with Gasteiger partial charge in [0.2, 0.25) is 0 Å². The highest BCUT2D eigenvalue weighted by Crippen LogP contribution is 2.25. The molecule has 0 saturated carbocycles. The van der Waals surface area contributed by atoms with Crippen molar-refractivity contribution in [2.45, 2.75) is 33.8 Å². The predicted octanol–water partition coefficient (Wildman–Crippen LogP) is 6.19. The van der Waals surface area contributed by atoms with Gasteiger partial charge in [0.25, 0.3) is 5.91 Å². The number of hydrogen-bond donors (Lipinski definition) is 1. The third kappa shape index (κ3) is 5.44. The van der Waals surface area contributed by atoms with Gasteiger partial charge in [0.05, 0.1) is 6.10 Å². The predicted molar refractivity (Wildman–Crippen MR) is 127 cm³/mol. The molecule has 3 rings (SSSR count). The highest BCUT2D eigenvalue weighted by molar-refractivity contribution is 9.10. The van der Waals surface area contributed by atoms with E-state index < -0.39 is 5.91 Å². The number of ether oxygens (including phenoxy) is 1. The Morgan fingerprint density at radius 3 is 2.52 bits per heavy atom. The van der Waals surface area contributed by atoms with Crippen molar-refractivity contribution in [3.8, 4) is 17.5 Å². The van der Waals surface area contributed by atoms with E-state index in [1.807, 2.05) is 70.2 Å². The van der Waals surface area contributed by atoms with E-state index in [0.717, 1.165) is 27.1 Å². The number of nitrogens with zero attached hydrogens (tertiary/aromatic N) is 2. The standard InChI is InChI=1S/C25H24BrN3O2/c1-16(2)31-24-7-5-6-22(14-24)28-25(30)20(15-27)13-19-12-17(3)29(18(19)4)23-10-8-21(26)9-11-23/h5-14,16H,1-4H3,(H,28,30)/b20-13+. The molecule has 0 saturated heterocycles. The first kappa shape index (κ1) is 22.4. The molecule has 1 aromatic heterocycles. The van der Waals surface area contributed by atoms with Crippen LogP contribution in [-0.4, -0.2) is 16.6 Å². The summed E-state index contributed by atoms with van der Waals surface area (Å²) in [5, 5.41) is 12.4. The van der Waals surface area contributed by atoms with Crippen LogP contribution >= 0.6 is 15.9 Å². The summed E-state index contributed by atoms with van der Waals surface area (Å²) in [6.45, 7) is 7.85. The Hall–Kier alpha value is -3.30. The minimum absolute atomic E-state index is 0.0292. The maximum Gasteiger partial charge on any atom is 0.266 e. The molecule has 1 amide bonds. The molecule has 31 heavy (non-hydrogen) atoms. The zero-order valence-corrected chi connectivity index (χ0v) is 19.5. The van der Waals surface area contributed by atoms with E-state index >= 15 is 0 Å². The molecule has 1 heterocycles. The lowest BCUT2D eigenvalue weighted by molar-refractivity contribution is -0.112. The van der Waals surface area contributed by atoms with Crippen LogP contribution in [-0.2, 0) is 4.79 Å². The second kappa shape index (κ2) is 9.67. The van der Waals surface area contributed by atoms with Crippen LogP contribution in [0.4, 0.5) is 5.69 Å². The average molecular weight is 478 g/mol. The first-order valence-corrected chi connectivity index (χ1v) is 10.7. The fourth-order valence-corrected chi connectivity index (χ4v) is 3.61. The van der Waals surface area contributed by atoms with Gasteiger partial charge < -0.3 is 14.6 Å². The molecule has 158 valence electrons. The largest absolute Gasteiger partial charge is 0.491 e. The second-order valence-electron chi connectivity index (χ2n) is 7.46. The minimum Gasteiger partial charge on any atom is -0.491 e. The number of benzene rings is 2. The van der Waals surface area contributed by atoms with Crippen molar-refractivity contribution in [1.82, 2.24) is 4.57 Å². The highest BCUT2D eigenvalue weighted by Gasteiger charge is 2.14. The second-order valence-corrected chi connectivity index (χ2v) is 8.37. The number of amides is 1. The Labute approximate surface area is 191 Å². The molecule has 5 nitrogen and oxygen atoms in total. The Morgan fingerprint density at radius 1 is 1.16 bits per heavy atom. The summed E-state index contributed by atoms with van der Waals surface area (Å²) in [6.07, 6.45) is 1.66. The summed E-state index contributed by atoms with van der Waals surface area (Å²) in [6, 6.07) is 19.1. The smallest absolute Gasteiger partial charge is 0.266 e. The van der Waals surface area contributed by atoms with Gasteiger partial charge in [-0.2, -0.15) is 5.26 Å². The Balaban J connectivity index is 1.87. The van der Waals surface area contributed by atoms with Gasteiger partial charge in [-0.1, -0.05) is 22.0 Å². The Bertz CT molecular complexity index is 1170. The van der Waals surface area contributed by atoms with Gasteiger partial charge in [0.15, 0.2) is 0 Å². The molecule has 0 bridgehead atoms. The number of carbonyl (C=O) groups excluding carboxylic acids is 1. The number of nitriles is 1. The SMILES string of the molecule is Cc1cc(/C=C(\C#N)C(=O)Nc2cccc(OC(C)C)c2)c(C)n1-c1ccc(Br)cc1. The maximum absolute atomic E-state index is 12.7. The molecule has 0 radical (unpaired) electrons. The van der Waals surface area contributed by atoms with Crippen LogP contribution in [0.2, 0.25) is 0 Å². The van der Waals surface area contributed by atoms with E-state index in [1.165, 1.54) is 0 Å². The molecule has 0 unspecified atom stereocenters. The normalized spacial score (nSPS) is 11.3. The van der Waals surface area contributed by atoms with Crippen molar-refractivity contribution in [3.05, 3.63) is 81.6 Å². The van der Waals surface area contributed by atoms with Crippen LogP contribution in [0.5, 0.6) is 5.75 Å².